The summed E-state index contributed by atoms with van der Waals surface area (Å²) in [6, 6.07) is 3.05. The number of benzene rings is 1. The summed E-state index contributed by atoms with van der Waals surface area (Å²) in [6.07, 6.45) is 5.93. The number of ether oxygens (including phenoxy) is 1. The molecule has 3 rings (SSSR count). The molecule has 2 heterocycles. The second kappa shape index (κ2) is 12.2. The van der Waals surface area contributed by atoms with Crippen molar-refractivity contribution in [3.8, 4) is 0 Å². The van der Waals surface area contributed by atoms with Crippen molar-refractivity contribution in [1.82, 2.24) is 14.9 Å². The fourth-order valence-electron chi connectivity index (χ4n) is 3.46. The van der Waals surface area contributed by atoms with Crippen molar-refractivity contribution in [3.63, 3.8) is 0 Å². The molecule has 1 aliphatic rings. The number of nitrogens with two attached hydrogens (primary N) is 2. The van der Waals surface area contributed by atoms with Gasteiger partial charge in [-0.05, 0) is 36.4 Å². The molecule has 1 aromatic carbocycles. The van der Waals surface area contributed by atoms with Gasteiger partial charge in [0.1, 0.15) is 16.6 Å². The van der Waals surface area contributed by atoms with Crippen molar-refractivity contribution in [1.29, 1.82) is 0 Å². The van der Waals surface area contributed by atoms with Crippen LogP contribution in [0.1, 0.15) is 12.0 Å². The van der Waals surface area contributed by atoms with Crippen molar-refractivity contribution in [3.05, 3.63) is 70.2 Å². The molecule has 1 aliphatic heterocycles. The van der Waals surface area contributed by atoms with Gasteiger partial charge in [0.05, 0.1) is 18.8 Å². The summed E-state index contributed by atoms with van der Waals surface area (Å²) in [6.45, 7) is 0.219. The largest absolute Gasteiger partial charge is 0.404 e. The van der Waals surface area contributed by atoms with Crippen molar-refractivity contribution >= 4 is 41.3 Å². The first-order chi connectivity index (χ1) is 17.3. The van der Waals surface area contributed by atoms with Crippen molar-refractivity contribution in [2.24, 2.45) is 21.5 Å². The quantitative estimate of drug-likeness (QED) is 0.360. The molecule has 1 aromatic heterocycles. The summed E-state index contributed by atoms with van der Waals surface area (Å²) in [5, 5.41) is 3.05. The topological polar surface area (TPSA) is 144 Å². The minimum Gasteiger partial charge on any atom is -0.404 e. The molecular weight excluding hydrogens is 494 g/mol. The van der Waals surface area contributed by atoms with Crippen LogP contribution in [0.4, 0.5) is 20.5 Å². The number of aromatic nitrogens is 2. The third-order valence-corrected chi connectivity index (χ3v) is 5.50. The molecule has 190 valence electrons. The molecule has 36 heavy (non-hydrogen) atoms. The van der Waals surface area contributed by atoms with Gasteiger partial charge >= 0.3 is 0 Å². The fourth-order valence-corrected chi connectivity index (χ4v) is 3.60. The number of amides is 1. The Bertz CT molecular complexity index is 1250. The number of hydrogen-bond acceptors (Lipinski definition) is 8. The lowest BCUT2D eigenvalue weighted by Gasteiger charge is -2.36. The van der Waals surface area contributed by atoms with Gasteiger partial charge in [-0.25, -0.2) is 18.8 Å². The molecule has 0 unspecified atom stereocenters. The van der Waals surface area contributed by atoms with E-state index in [1.54, 1.807) is 7.05 Å². The maximum absolute atomic E-state index is 13.7. The number of nitrogens with zero attached hydrogens (tertiary/aromatic N) is 5. The van der Waals surface area contributed by atoms with Gasteiger partial charge in [-0.3, -0.25) is 9.79 Å². The van der Waals surface area contributed by atoms with Gasteiger partial charge in [-0.15, -0.1) is 0 Å². The average molecular weight is 519 g/mol. The predicted octanol–water partition coefficient (Wildman–Crippen LogP) is 2.68. The lowest BCUT2D eigenvalue weighted by Crippen LogP contribution is -2.48. The number of methoxy groups -OCH3 is 1. The summed E-state index contributed by atoms with van der Waals surface area (Å²) in [4.78, 5) is 31.2. The Morgan fingerprint density at radius 1 is 1.39 bits per heavy atom. The lowest BCUT2D eigenvalue weighted by molar-refractivity contribution is -0.132. The van der Waals surface area contributed by atoms with Crippen molar-refractivity contribution < 1.29 is 18.3 Å². The summed E-state index contributed by atoms with van der Waals surface area (Å²) in [5.41, 5.74) is 12.4. The standard InChI is InChI=1S/C23H25ClF2N8O2/c1-29-19(5-6-27)32-23-31-10-16(24)21(33-23)30-9-14-8-15(12-36-2)34(22(35)20(14)28)11-13-3-4-17(25)18(26)7-13/h3-7,9-10,15H,8,11-12,27-28H2,1-2H3,(H,29,31,32,33)/t15-/m1/s1. The minimum absolute atomic E-state index is 0.0283. The van der Waals surface area contributed by atoms with E-state index in [2.05, 4.69) is 25.3 Å². The average Bonchev–Trinajstić information content (AvgIpc) is 2.86. The summed E-state index contributed by atoms with van der Waals surface area (Å²) >= 11 is 6.20. The number of amidine groups is 1. The molecular formula is C23H25ClF2N8O2. The Labute approximate surface area is 211 Å². The van der Waals surface area contributed by atoms with Gasteiger partial charge in [-0.2, -0.15) is 4.98 Å². The molecule has 0 saturated carbocycles. The zero-order valence-electron chi connectivity index (χ0n) is 19.6. The van der Waals surface area contributed by atoms with E-state index in [1.165, 1.54) is 42.8 Å². The Balaban J connectivity index is 1.86. The van der Waals surface area contributed by atoms with Crippen molar-refractivity contribution in [2.75, 3.05) is 26.1 Å². The highest BCUT2D eigenvalue weighted by molar-refractivity contribution is 6.32. The van der Waals surface area contributed by atoms with E-state index >= 15 is 0 Å². The maximum atomic E-state index is 13.7. The molecule has 0 fully saturated rings. The van der Waals surface area contributed by atoms with Crippen LogP contribution in [0.2, 0.25) is 5.02 Å². The second-order valence-corrected chi connectivity index (χ2v) is 8.06. The van der Waals surface area contributed by atoms with E-state index in [4.69, 9.17) is 27.8 Å². The number of halogens is 3. The van der Waals surface area contributed by atoms with Crippen LogP contribution in [0.3, 0.4) is 0 Å². The molecule has 0 aliphatic carbocycles. The number of nitrogens with one attached hydrogen (secondary N) is 1. The monoisotopic (exact) mass is 518 g/mol. The van der Waals surface area contributed by atoms with Crippen molar-refractivity contribution in [2.45, 2.75) is 19.0 Å². The molecule has 1 atom stereocenters. The van der Waals surface area contributed by atoms with Crippen LogP contribution >= 0.6 is 11.6 Å². The van der Waals surface area contributed by atoms with Crippen LogP contribution in [0.5, 0.6) is 0 Å². The van der Waals surface area contributed by atoms with E-state index in [-0.39, 0.29) is 35.6 Å². The van der Waals surface area contributed by atoms with Gasteiger partial charge in [0.15, 0.2) is 17.5 Å². The second-order valence-electron chi connectivity index (χ2n) is 7.65. The SMILES string of the molecule is CN=C(C=CN)Nc1ncc(Cl)c(N=CC2=C(N)C(=O)N(Cc3ccc(F)c(F)c3)[C@@H](COC)C2)n1. The van der Waals surface area contributed by atoms with Gasteiger partial charge in [0.2, 0.25) is 5.95 Å². The molecule has 13 heteroatoms. The van der Waals surface area contributed by atoms with E-state index in [9.17, 15) is 13.6 Å². The lowest BCUT2D eigenvalue weighted by atomic mass is 9.97. The predicted molar refractivity (Wildman–Crippen MR) is 134 cm³/mol. The number of rotatable bonds is 8. The Kier molecular flexibility index (Phi) is 9.03. The molecule has 0 spiro atoms. The molecule has 10 nitrogen and oxygen atoms in total. The van der Waals surface area contributed by atoms with Crippen LogP contribution < -0.4 is 16.8 Å². The van der Waals surface area contributed by atoms with Crippen LogP contribution in [-0.4, -0.2) is 59.6 Å². The zero-order chi connectivity index (χ0) is 26.2. The number of carbonyl (C=O) groups excluding carboxylic acids is 1. The van der Waals surface area contributed by atoms with Gasteiger partial charge in [0.25, 0.3) is 5.91 Å². The Hall–Kier alpha value is -3.90. The van der Waals surface area contributed by atoms with E-state index < -0.39 is 23.6 Å². The van der Waals surface area contributed by atoms with Gasteiger partial charge in [-0.1, -0.05) is 17.7 Å². The third kappa shape index (κ3) is 6.40. The first kappa shape index (κ1) is 26.7. The third-order valence-electron chi connectivity index (χ3n) is 5.23. The Morgan fingerprint density at radius 2 is 2.17 bits per heavy atom. The molecule has 5 N–H and O–H groups in total. The molecule has 0 saturated heterocycles. The smallest absolute Gasteiger partial charge is 0.270 e. The molecule has 0 radical (unpaired) electrons. The van der Waals surface area contributed by atoms with Gasteiger partial charge in [0, 0.05) is 32.5 Å². The van der Waals surface area contributed by atoms with Crippen LogP contribution in [-0.2, 0) is 16.1 Å². The summed E-state index contributed by atoms with van der Waals surface area (Å²) in [5.74, 6) is -1.70. The summed E-state index contributed by atoms with van der Waals surface area (Å²) < 4.78 is 32.3. The first-order valence-electron chi connectivity index (χ1n) is 10.7. The Morgan fingerprint density at radius 3 is 2.83 bits per heavy atom. The highest BCUT2D eigenvalue weighted by Gasteiger charge is 2.33. The van der Waals surface area contributed by atoms with Crippen LogP contribution in [0, 0.1) is 11.6 Å². The molecule has 2 aromatic rings. The zero-order valence-corrected chi connectivity index (χ0v) is 20.3. The van der Waals surface area contributed by atoms with E-state index in [0.717, 1.165) is 12.1 Å². The molecule has 1 amide bonds. The number of carbonyl (C=O) groups is 1. The fraction of sp³-hybridized carbons (Fsp3) is 0.261. The van der Waals surface area contributed by atoms with E-state index in [0.29, 0.717) is 23.4 Å². The number of hydrogen-bond donors (Lipinski definition) is 3. The molecule has 0 bridgehead atoms. The van der Waals surface area contributed by atoms with Crippen LogP contribution in [0.15, 0.2) is 57.9 Å². The van der Waals surface area contributed by atoms with Gasteiger partial charge < -0.3 is 26.4 Å². The minimum atomic E-state index is -0.997. The highest BCUT2D eigenvalue weighted by atomic mass is 35.5. The highest BCUT2D eigenvalue weighted by Crippen LogP contribution is 2.27. The number of anilines is 1. The summed E-state index contributed by atoms with van der Waals surface area (Å²) in [7, 11) is 3.07. The first-order valence-corrected chi connectivity index (χ1v) is 11.1. The normalized spacial score (nSPS) is 17.0. The maximum Gasteiger partial charge on any atom is 0.270 e. The van der Waals surface area contributed by atoms with E-state index in [1.807, 2.05) is 0 Å². The number of aliphatic imine (C=N–C) groups is 2. The van der Waals surface area contributed by atoms with Crippen LogP contribution in [0.25, 0.3) is 0 Å².